The van der Waals surface area contributed by atoms with Crippen molar-refractivity contribution >= 4 is 5.91 Å². The Kier molecular flexibility index (Phi) is 51.3. The molecule has 4 nitrogen and oxygen atoms in total. The van der Waals surface area contributed by atoms with Crippen molar-refractivity contribution in [2.24, 2.45) is 0 Å². The van der Waals surface area contributed by atoms with Crippen LogP contribution in [0, 0.1) is 0 Å². The molecule has 2 unspecified atom stereocenters. The SMILES string of the molecule is CC/C=C\C/C=C\C/C=C\C/C=C\CCCCCCCCCCCCCCCCCCCCCCCCC(=O)NC(CO)C(O)CCCCCCCCCCCCCCCC. The Hall–Kier alpha value is -1.65. The third kappa shape index (κ3) is 49.2. The highest BCUT2D eigenvalue weighted by Gasteiger charge is 2.20. The van der Waals surface area contributed by atoms with E-state index in [-0.39, 0.29) is 12.5 Å². The van der Waals surface area contributed by atoms with Gasteiger partial charge in [0.2, 0.25) is 5.91 Å². The van der Waals surface area contributed by atoms with Crippen LogP contribution in [0.25, 0.3) is 0 Å². The van der Waals surface area contributed by atoms with Gasteiger partial charge in [0.1, 0.15) is 0 Å². The number of unbranched alkanes of at least 4 members (excludes halogenated alkanes) is 35. The third-order valence-corrected chi connectivity index (χ3v) is 12.6. The van der Waals surface area contributed by atoms with E-state index in [9.17, 15) is 15.0 Å². The van der Waals surface area contributed by atoms with Crippen LogP contribution in [0.5, 0.6) is 0 Å². The summed E-state index contributed by atoms with van der Waals surface area (Å²) >= 11 is 0. The van der Waals surface area contributed by atoms with Gasteiger partial charge >= 0.3 is 0 Å². The van der Waals surface area contributed by atoms with Crippen LogP contribution in [0.1, 0.15) is 290 Å². The Morgan fingerprint density at radius 1 is 0.410 bits per heavy atom. The van der Waals surface area contributed by atoms with Gasteiger partial charge in [0, 0.05) is 6.42 Å². The van der Waals surface area contributed by atoms with Crippen molar-refractivity contribution in [3.05, 3.63) is 48.6 Å². The van der Waals surface area contributed by atoms with Crippen LogP contribution in [-0.4, -0.2) is 34.9 Å². The normalized spacial score (nSPS) is 13.2. The van der Waals surface area contributed by atoms with Gasteiger partial charge in [-0.2, -0.15) is 0 Å². The summed E-state index contributed by atoms with van der Waals surface area (Å²) in [5.74, 6) is -0.0274. The Balaban J connectivity index is 3.40. The minimum atomic E-state index is -0.657. The largest absolute Gasteiger partial charge is 0.394 e. The van der Waals surface area contributed by atoms with Gasteiger partial charge in [0.15, 0.2) is 0 Å². The molecule has 0 spiro atoms. The van der Waals surface area contributed by atoms with Crippen molar-refractivity contribution in [1.82, 2.24) is 5.32 Å². The van der Waals surface area contributed by atoms with Crippen LogP contribution in [0.15, 0.2) is 48.6 Å². The molecular weight excluding hydrogens is 747 g/mol. The van der Waals surface area contributed by atoms with Crippen molar-refractivity contribution in [1.29, 1.82) is 0 Å². The molecule has 0 aliphatic rings. The van der Waals surface area contributed by atoms with Gasteiger partial charge in [0.25, 0.3) is 0 Å². The van der Waals surface area contributed by atoms with E-state index in [4.69, 9.17) is 0 Å². The van der Waals surface area contributed by atoms with Gasteiger partial charge in [-0.1, -0.05) is 281 Å². The van der Waals surface area contributed by atoms with Gasteiger partial charge < -0.3 is 15.5 Å². The number of hydrogen-bond acceptors (Lipinski definition) is 3. The Labute approximate surface area is 382 Å². The molecule has 0 aliphatic carbocycles. The van der Waals surface area contributed by atoms with E-state index in [0.29, 0.717) is 12.8 Å². The standard InChI is InChI=1S/C57H107NO3/c1-3-5-7-9-11-13-15-17-19-20-21-22-23-24-25-26-27-28-29-30-31-32-33-34-35-36-37-38-39-41-43-45-47-49-51-53-57(61)58-55(54-59)56(60)52-50-48-46-44-42-40-18-16-14-12-10-8-6-4-2/h5,7,11,13,17,19,21-22,55-56,59-60H,3-4,6,8-10,12,14-16,18,20,23-54H2,1-2H3,(H,58,61)/b7-5-,13-11-,19-17-,22-21-. The maximum atomic E-state index is 12.5. The molecule has 61 heavy (non-hydrogen) atoms. The third-order valence-electron chi connectivity index (χ3n) is 12.6. The average molecular weight is 854 g/mol. The molecule has 0 bridgehead atoms. The minimum absolute atomic E-state index is 0.0274. The van der Waals surface area contributed by atoms with E-state index in [2.05, 4.69) is 67.8 Å². The molecule has 1 amide bonds. The fraction of sp³-hybridized carbons (Fsp3) is 0.842. The maximum Gasteiger partial charge on any atom is 0.220 e. The highest BCUT2D eigenvalue weighted by atomic mass is 16.3. The van der Waals surface area contributed by atoms with Crippen LogP contribution in [0.2, 0.25) is 0 Å². The van der Waals surface area contributed by atoms with Crippen molar-refractivity contribution in [3.63, 3.8) is 0 Å². The van der Waals surface area contributed by atoms with Crippen molar-refractivity contribution in [3.8, 4) is 0 Å². The predicted molar refractivity (Wildman–Crippen MR) is 271 cm³/mol. The van der Waals surface area contributed by atoms with Crippen molar-refractivity contribution in [2.75, 3.05) is 6.61 Å². The lowest BCUT2D eigenvalue weighted by Gasteiger charge is -2.22. The summed E-state index contributed by atoms with van der Waals surface area (Å²) < 4.78 is 0. The Bertz CT molecular complexity index is 970. The number of rotatable bonds is 50. The summed E-state index contributed by atoms with van der Waals surface area (Å²) in [6.45, 7) is 4.26. The van der Waals surface area contributed by atoms with E-state index in [1.54, 1.807) is 0 Å². The van der Waals surface area contributed by atoms with Crippen LogP contribution >= 0.6 is 0 Å². The summed E-state index contributed by atoms with van der Waals surface area (Å²) in [5, 5.41) is 23.3. The van der Waals surface area contributed by atoms with Gasteiger partial charge in [-0.25, -0.2) is 0 Å². The summed E-state index contributed by atoms with van der Waals surface area (Å²) in [7, 11) is 0. The molecule has 0 aliphatic heterocycles. The number of allylic oxidation sites excluding steroid dienone is 8. The summed E-state index contributed by atoms with van der Waals surface area (Å²) in [4.78, 5) is 12.5. The van der Waals surface area contributed by atoms with Gasteiger partial charge in [-0.15, -0.1) is 0 Å². The van der Waals surface area contributed by atoms with Gasteiger partial charge in [0.05, 0.1) is 18.8 Å². The van der Waals surface area contributed by atoms with Gasteiger partial charge in [-0.3, -0.25) is 4.79 Å². The lowest BCUT2D eigenvalue weighted by Crippen LogP contribution is -2.45. The summed E-state index contributed by atoms with van der Waals surface area (Å²) in [6, 6.07) is -0.534. The van der Waals surface area contributed by atoms with Crippen LogP contribution < -0.4 is 5.32 Å². The topological polar surface area (TPSA) is 69.6 Å². The molecule has 0 heterocycles. The highest BCUT2D eigenvalue weighted by Crippen LogP contribution is 2.17. The highest BCUT2D eigenvalue weighted by molar-refractivity contribution is 5.76. The van der Waals surface area contributed by atoms with E-state index in [0.717, 1.165) is 51.4 Å². The molecular formula is C57H107NO3. The van der Waals surface area contributed by atoms with Gasteiger partial charge in [-0.05, 0) is 51.4 Å². The zero-order valence-corrected chi connectivity index (χ0v) is 41.2. The quantitative estimate of drug-likeness (QED) is 0.0422. The maximum absolute atomic E-state index is 12.5. The van der Waals surface area contributed by atoms with Crippen LogP contribution in [0.3, 0.4) is 0 Å². The first-order valence-electron chi connectivity index (χ1n) is 27.3. The van der Waals surface area contributed by atoms with E-state index < -0.39 is 12.1 Å². The number of nitrogens with one attached hydrogen (secondary N) is 1. The number of aliphatic hydroxyl groups is 2. The summed E-state index contributed by atoms with van der Waals surface area (Å²) in [5.41, 5.74) is 0. The van der Waals surface area contributed by atoms with E-state index in [1.807, 2.05) is 0 Å². The minimum Gasteiger partial charge on any atom is -0.394 e. The zero-order chi connectivity index (χ0) is 44.2. The molecule has 3 N–H and O–H groups in total. The number of amides is 1. The molecule has 0 radical (unpaired) electrons. The molecule has 358 valence electrons. The van der Waals surface area contributed by atoms with Crippen molar-refractivity contribution < 1.29 is 15.0 Å². The second kappa shape index (κ2) is 52.7. The molecule has 0 saturated carbocycles. The molecule has 0 aromatic heterocycles. The monoisotopic (exact) mass is 854 g/mol. The lowest BCUT2D eigenvalue weighted by molar-refractivity contribution is -0.123. The Morgan fingerprint density at radius 3 is 1.08 bits per heavy atom. The molecule has 0 rings (SSSR count). The first-order valence-corrected chi connectivity index (χ1v) is 27.3. The Morgan fingerprint density at radius 2 is 0.721 bits per heavy atom. The van der Waals surface area contributed by atoms with Crippen LogP contribution in [0.4, 0.5) is 0 Å². The molecule has 0 saturated heterocycles. The van der Waals surface area contributed by atoms with E-state index in [1.165, 1.54) is 212 Å². The number of carbonyl (C=O) groups is 1. The second-order valence-corrected chi connectivity index (χ2v) is 18.6. The first-order chi connectivity index (χ1) is 30.2. The van der Waals surface area contributed by atoms with E-state index >= 15 is 0 Å². The molecule has 0 aromatic carbocycles. The second-order valence-electron chi connectivity index (χ2n) is 18.6. The summed E-state index contributed by atoms with van der Waals surface area (Å²) in [6.07, 6.45) is 72.4. The average Bonchev–Trinajstić information content (AvgIpc) is 3.26. The molecule has 0 fully saturated rings. The fourth-order valence-corrected chi connectivity index (χ4v) is 8.47. The lowest BCUT2D eigenvalue weighted by atomic mass is 10.0. The molecule has 0 aromatic rings. The molecule has 2 atom stereocenters. The smallest absolute Gasteiger partial charge is 0.220 e. The van der Waals surface area contributed by atoms with Crippen LogP contribution in [-0.2, 0) is 4.79 Å². The number of hydrogen-bond donors (Lipinski definition) is 3. The molecule has 4 heteroatoms. The van der Waals surface area contributed by atoms with Crippen molar-refractivity contribution in [2.45, 2.75) is 302 Å². The fourth-order valence-electron chi connectivity index (χ4n) is 8.47. The predicted octanol–water partition coefficient (Wildman–Crippen LogP) is 17.9. The first kappa shape index (κ1) is 59.4. The number of carbonyl (C=O) groups excluding carboxylic acids is 1. The number of aliphatic hydroxyl groups excluding tert-OH is 2. The zero-order valence-electron chi connectivity index (χ0n) is 41.2.